The molecule has 1 aliphatic rings. The molecule has 1 aliphatic heterocycles. The van der Waals surface area contributed by atoms with Crippen LogP contribution in [0.25, 0.3) is 10.8 Å². The number of likely N-dealkylation sites (tertiary alicyclic amines) is 1. The van der Waals surface area contributed by atoms with Crippen molar-refractivity contribution in [1.29, 1.82) is 0 Å². The lowest BCUT2D eigenvalue weighted by Gasteiger charge is -2.32. The zero-order valence-electron chi connectivity index (χ0n) is 16.2. The second kappa shape index (κ2) is 7.89. The quantitative estimate of drug-likeness (QED) is 0.682. The van der Waals surface area contributed by atoms with Crippen molar-refractivity contribution >= 4 is 16.7 Å². The minimum absolute atomic E-state index is 0.0199. The second-order valence-corrected chi connectivity index (χ2v) is 7.12. The van der Waals surface area contributed by atoms with Crippen molar-refractivity contribution in [1.82, 2.24) is 9.88 Å². The number of nitrogens with zero attached hydrogens (tertiary/aromatic N) is 2. The Balaban J connectivity index is 1.55. The number of pyridine rings is 1. The molecule has 5 nitrogen and oxygen atoms in total. The van der Waals surface area contributed by atoms with Gasteiger partial charge in [-0.05, 0) is 42.5 Å². The Morgan fingerprint density at radius 3 is 2.61 bits per heavy atom. The molecule has 1 aromatic heterocycles. The summed E-state index contributed by atoms with van der Waals surface area (Å²) in [4.78, 5) is 19.7. The van der Waals surface area contributed by atoms with Gasteiger partial charge in [-0.2, -0.15) is 0 Å². The lowest BCUT2D eigenvalue weighted by molar-refractivity contribution is 0.0705. The fourth-order valence-electron chi connectivity index (χ4n) is 3.88. The molecule has 1 atom stereocenters. The van der Waals surface area contributed by atoms with Gasteiger partial charge in [0, 0.05) is 41.8 Å². The molecular formula is C23H24N2O3. The van der Waals surface area contributed by atoms with Gasteiger partial charge in [0.25, 0.3) is 5.91 Å². The van der Waals surface area contributed by atoms with Crippen LogP contribution < -0.4 is 9.47 Å². The average Bonchev–Trinajstić information content (AvgIpc) is 2.77. The summed E-state index contributed by atoms with van der Waals surface area (Å²) in [6.45, 7) is 1.44. The van der Waals surface area contributed by atoms with Gasteiger partial charge in [0.15, 0.2) is 11.5 Å². The zero-order valence-corrected chi connectivity index (χ0v) is 16.2. The van der Waals surface area contributed by atoms with E-state index in [2.05, 4.69) is 23.2 Å². The number of rotatable bonds is 4. The molecule has 1 fully saturated rings. The summed E-state index contributed by atoms with van der Waals surface area (Å²) < 4.78 is 10.6. The third-order valence-corrected chi connectivity index (χ3v) is 5.41. The Labute approximate surface area is 164 Å². The smallest absolute Gasteiger partial charge is 0.254 e. The number of carbonyl (C=O) groups is 1. The largest absolute Gasteiger partial charge is 0.493 e. The molecular weight excluding hydrogens is 352 g/mol. The predicted octanol–water partition coefficient (Wildman–Crippen LogP) is 4.27. The number of fused-ring (bicyclic) bond motifs is 1. The molecule has 0 aliphatic carbocycles. The van der Waals surface area contributed by atoms with E-state index in [1.54, 1.807) is 32.4 Å². The highest BCUT2D eigenvalue weighted by atomic mass is 16.5. The Kier molecular flexibility index (Phi) is 5.15. The van der Waals surface area contributed by atoms with E-state index in [-0.39, 0.29) is 11.8 Å². The van der Waals surface area contributed by atoms with Crippen molar-refractivity contribution in [3.63, 3.8) is 0 Å². The number of ether oxygens (including phenoxy) is 2. The number of carbonyl (C=O) groups excluding carboxylic acids is 1. The van der Waals surface area contributed by atoms with Crippen LogP contribution in [0.15, 0.2) is 54.7 Å². The Morgan fingerprint density at radius 1 is 1.04 bits per heavy atom. The highest BCUT2D eigenvalue weighted by Crippen LogP contribution is 2.31. The first-order valence-electron chi connectivity index (χ1n) is 9.55. The molecule has 4 rings (SSSR count). The van der Waals surface area contributed by atoms with Crippen molar-refractivity contribution in [2.24, 2.45) is 0 Å². The Hall–Kier alpha value is -3.08. The Morgan fingerprint density at radius 2 is 1.82 bits per heavy atom. The number of methoxy groups -OCH3 is 2. The molecule has 0 bridgehead atoms. The number of piperidine rings is 1. The van der Waals surface area contributed by atoms with Crippen LogP contribution in [0.5, 0.6) is 11.5 Å². The number of amides is 1. The van der Waals surface area contributed by atoms with E-state index in [0.29, 0.717) is 23.6 Å². The van der Waals surface area contributed by atoms with E-state index in [1.165, 1.54) is 5.39 Å². The minimum atomic E-state index is 0.0199. The van der Waals surface area contributed by atoms with Gasteiger partial charge in [-0.25, -0.2) is 0 Å². The molecule has 5 heteroatoms. The molecule has 0 N–H and O–H groups in total. The van der Waals surface area contributed by atoms with Crippen molar-refractivity contribution in [2.75, 3.05) is 27.3 Å². The van der Waals surface area contributed by atoms with E-state index in [0.717, 1.165) is 30.5 Å². The molecule has 3 aromatic rings. The van der Waals surface area contributed by atoms with Crippen molar-refractivity contribution in [3.8, 4) is 11.5 Å². The first-order chi connectivity index (χ1) is 13.7. The molecule has 0 unspecified atom stereocenters. The third kappa shape index (κ3) is 3.52. The number of hydrogen-bond donors (Lipinski definition) is 0. The van der Waals surface area contributed by atoms with Crippen LogP contribution in [0.1, 0.15) is 34.8 Å². The highest BCUT2D eigenvalue weighted by molar-refractivity contribution is 5.95. The van der Waals surface area contributed by atoms with Crippen LogP contribution in [0.3, 0.4) is 0 Å². The van der Waals surface area contributed by atoms with Crippen LogP contribution in [-0.2, 0) is 0 Å². The summed E-state index contributed by atoms with van der Waals surface area (Å²) in [7, 11) is 3.17. The fraction of sp³-hybridized carbons (Fsp3) is 0.304. The summed E-state index contributed by atoms with van der Waals surface area (Å²) in [5.41, 5.74) is 1.67. The zero-order chi connectivity index (χ0) is 19.5. The Bertz CT molecular complexity index is 1000. The summed E-state index contributed by atoms with van der Waals surface area (Å²) in [5, 5.41) is 2.33. The molecule has 0 radical (unpaired) electrons. The maximum absolute atomic E-state index is 13.1. The van der Waals surface area contributed by atoms with Gasteiger partial charge in [0.05, 0.1) is 14.2 Å². The summed E-state index contributed by atoms with van der Waals surface area (Å²) in [5.74, 6) is 1.46. The van der Waals surface area contributed by atoms with Gasteiger partial charge >= 0.3 is 0 Å². The minimum Gasteiger partial charge on any atom is -0.493 e. The first kappa shape index (κ1) is 18.3. The monoisotopic (exact) mass is 376 g/mol. The summed E-state index contributed by atoms with van der Waals surface area (Å²) >= 11 is 0. The maximum Gasteiger partial charge on any atom is 0.254 e. The number of hydrogen-bond acceptors (Lipinski definition) is 4. The fourth-order valence-corrected chi connectivity index (χ4v) is 3.88. The van der Waals surface area contributed by atoms with E-state index >= 15 is 0 Å². The number of aromatic nitrogens is 1. The average molecular weight is 376 g/mol. The van der Waals surface area contributed by atoms with Gasteiger partial charge in [-0.15, -0.1) is 0 Å². The normalized spacial score (nSPS) is 16.8. The van der Waals surface area contributed by atoms with Gasteiger partial charge in [-0.3, -0.25) is 9.78 Å². The van der Waals surface area contributed by atoms with Crippen molar-refractivity contribution in [2.45, 2.75) is 18.8 Å². The molecule has 1 saturated heterocycles. The van der Waals surface area contributed by atoms with Crippen LogP contribution in [0.4, 0.5) is 0 Å². The van der Waals surface area contributed by atoms with Gasteiger partial charge < -0.3 is 14.4 Å². The molecule has 0 spiro atoms. The van der Waals surface area contributed by atoms with E-state index in [4.69, 9.17) is 9.47 Å². The molecule has 2 heterocycles. The highest BCUT2D eigenvalue weighted by Gasteiger charge is 2.27. The van der Waals surface area contributed by atoms with Gasteiger partial charge in [0.2, 0.25) is 0 Å². The second-order valence-electron chi connectivity index (χ2n) is 7.12. The molecule has 0 saturated carbocycles. The lowest BCUT2D eigenvalue weighted by Crippen LogP contribution is -2.39. The van der Waals surface area contributed by atoms with Gasteiger partial charge in [0.1, 0.15) is 0 Å². The van der Waals surface area contributed by atoms with E-state index < -0.39 is 0 Å². The van der Waals surface area contributed by atoms with Gasteiger partial charge in [-0.1, -0.05) is 24.3 Å². The molecule has 28 heavy (non-hydrogen) atoms. The maximum atomic E-state index is 13.1. The van der Waals surface area contributed by atoms with Crippen LogP contribution in [0, 0.1) is 0 Å². The van der Waals surface area contributed by atoms with Crippen LogP contribution in [-0.4, -0.2) is 43.1 Å². The topological polar surface area (TPSA) is 51.7 Å². The predicted molar refractivity (Wildman–Crippen MR) is 109 cm³/mol. The van der Waals surface area contributed by atoms with Crippen molar-refractivity contribution < 1.29 is 14.3 Å². The van der Waals surface area contributed by atoms with Crippen LogP contribution in [0.2, 0.25) is 0 Å². The number of benzene rings is 2. The van der Waals surface area contributed by atoms with E-state index in [9.17, 15) is 4.79 Å². The molecule has 144 valence electrons. The van der Waals surface area contributed by atoms with Crippen molar-refractivity contribution in [3.05, 3.63) is 66.0 Å². The van der Waals surface area contributed by atoms with Crippen LogP contribution >= 0.6 is 0 Å². The molecule has 2 aromatic carbocycles. The summed E-state index contributed by atoms with van der Waals surface area (Å²) in [6.07, 6.45) is 3.94. The van der Waals surface area contributed by atoms with E-state index in [1.807, 2.05) is 23.2 Å². The lowest BCUT2D eigenvalue weighted by atomic mass is 9.93. The molecule has 1 amide bonds. The first-order valence-corrected chi connectivity index (χ1v) is 9.55. The summed E-state index contributed by atoms with van der Waals surface area (Å²) in [6, 6.07) is 15.7. The third-order valence-electron chi connectivity index (χ3n) is 5.41. The standard InChI is InChI=1S/C23H24N2O3/c1-27-21-10-9-17(13-22(21)28-2)23(26)25-11-5-8-19(15-25)20-12-16-6-3-4-7-18(16)14-24-20/h3-4,6-7,9-10,12-14,19H,5,8,11,15H2,1-2H3/t19-/m0/s1. The SMILES string of the molecule is COc1ccc(C(=O)N2CCC[C@H](c3cc4ccccc4cn3)C2)cc1OC.